The van der Waals surface area contributed by atoms with Crippen LogP contribution in [0.3, 0.4) is 0 Å². The highest BCUT2D eigenvalue weighted by Gasteiger charge is 2.39. The van der Waals surface area contributed by atoms with Gasteiger partial charge in [0.25, 0.3) is 0 Å². The number of nitrogens with one attached hydrogen (secondary N) is 2. The number of hydrogen-bond donors (Lipinski definition) is 2. The lowest BCUT2D eigenvalue weighted by atomic mass is 9.83. The van der Waals surface area contributed by atoms with Crippen LogP contribution in [0.5, 0.6) is 0 Å². The summed E-state index contributed by atoms with van der Waals surface area (Å²) in [5.74, 6) is 0.578. The van der Waals surface area contributed by atoms with Gasteiger partial charge in [-0.25, -0.2) is 17.9 Å². The zero-order valence-corrected chi connectivity index (χ0v) is 18.2. The molecule has 1 aliphatic carbocycles. The maximum absolute atomic E-state index is 12.4. The van der Waals surface area contributed by atoms with Crippen molar-refractivity contribution >= 4 is 16.1 Å². The number of nitrogens with zero attached hydrogens (tertiary/aromatic N) is 1. The fourth-order valence-electron chi connectivity index (χ4n) is 4.50. The SMILES string of the molecule is CCNC(=O)N1CC[C@H](NS(C)(=O)=O)[C@@H]1CO[C@H]1CC[C@@H](c2ccccc2)CC1. The lowest BCUT2D eigenvalue weighted by molar-refractivity contribution is -0.000622. The Balaban J connectivity index is 1.56. The zero-order valence-electron chi connectivity index (χ0n) is 17.3. The molecule has 1 saturated heterocycles. The van der Waals surface area contributed by atoms with Gasteiger partial charge in [-0.05, 0) is 50.5 Å². The number of urea groups is 1. The number of amides is 2. The summed E-state index contributed by atoms with van der Waals surface area (Å²) >= 11 is 0. The van der Waals surface area contributed by atoms with Crippen LogP contribution < -0.4 is 10.0 Å². The predicted octanol–water partition coefficient (Wildman–Crippen LogP) is 2.45. The first-order valence-electron chi connectivity index (χ1n) is 10.6. The van der Waals surface area contributed by atoms with E-state index < -0.39 is 10.0 Å². The fourth-order valence-corrected chi connectivity index (χ4v) is 5.32. The second-order valence-electron chi connectivity index (χ2n) is 8.10. The molecule has 0 aromatic heterocycles. The van der Waals surface area contributed by atoms with Gasteiger partial charge in [0.2, 0.25) is 10.0 Å². The highest BCUT2D eigenvalue weighted by molar-refractivity contribution is 7.88. The lowest BCUT2D eigenvalue weighted by Crippen LogP contribution is -2.51. The summed E-state index contributed by atoms with van der Waals surface area (Å²) in [6.07, 6.45) is 6.05. The molecule has 0 bridgehead atoms. The van der Waals surface area contributed by atoms with Crippen molar-refractivity contribution in [1.29, 1.82) is 0 Å². The number of benzene rings is 1. The smallest absolute Gasteiger partial charge is 0.317 e. The molecule has 1 aromatic rings. The van der Waals surface area contributed by atoms with E-state index in [9.17, 15) is 13.2 Å². The molecular formula is C21H33N3O4S. The summed E-state index contributed by atoms with van der Waals surface area (Å²) in [5.41, 5.74) is 1.39. The number of likely N-dealkylation sites (tertiary alicyclic amines) is 1. The minimum absolute atomic E-state index is 0.158. The summed E-state index contributed by atoms with van der Waals surface area (Å²) < 4.78 is 32.4. The monoisotopic (exact) mass is 423 g/mol. The Kier molecular flexibility index (Phi) is 7.54. The standard InChI is InChI=1S/C21H33N3O4S/c1-3-22-21(25)24-14-13-19(23-29(2,26)27)20(24)15-28-18-11-9-17(10-12-18)16-7-5-4-6-8-16/h4-8,17-20,23H,3,9-15H2,1-2H3,(H,22,25)/t17-,18+,19-,20-/m0/s1. The highest BCUT2D eigenvalue weighted by atomic mass is 32.2. The number of sulfonamides is 1. The molecule has 2 amide bonds. The summed E-state index contributed by atoms with van der Waals surface area (Å²) in [5, 5.41) is 2.82. The topological polar surface area (TPSA) is 87.7 Å². The van der Waals surface area contributed by atoms with E-state index in [2.05, 4.69) is 34.3 Å². The summed E-state index contributed by atoms with van der Waals surface area (Å²) in [4.78, 5) is 14.1. The molecular weight excluding hydrogens is 390 g/mol. The van der Waals surface area contributed by atoms with Crippen LogP contribution in [-0.2, 0) is 14.8 Å². The Hall–Kier alpha value is -1.64. The number of carbonyl (C=O) groups excluding carboxylic acids is 1. The molecule has 1 heterocycles. The minimum Gasteiger partial charge on any atom is -0.376 e. The lowest BCUT2D eigenvalue weighted by Gasteiger charge is -2.33. The third-order valence-electron chi connectivity index (χ3n) is 5.95. The Morgan fingerprint density at radius 2 is 1.83 bits per heavy atom. The van der Waals surface area contributed by atoms with Crippen LogP contribution in [0.15, 0.2) is 30.3 Å². The van der Waals surface area contributed by atoms with E-state index in [0.29, 0.717) is 32.0 Å². The highest BCUT2D eigenvalue weighted by Crippen LogP contribution is 2.34. The molecule has 2 N–H and O–H groups in total. The van der Waals surface area contributed by atoms with Crippen LogP contribution in [0.1, 0.15) is 50.5 Å². The van der Waals surface area contributed by atoms with Crippen molar-refractivity contribution in [2.75, 3.05) is 26.0 Å². The van der Waals surface area contributed by atoms with Crippen LogP contribution in [0, 0.1) is 0 Å². The molecule has 2 aliphatic rings. The van der Waals surface area contributed by atoms with E-state index in [-0.39, 0.29) is 24.2 Å². The molecule has 1 saturated carbocycles. The molecule has 7 nitrogen and oxygen atoms in total. The van der Waals surface area contributed by atoms with Crippen LogP contribution >= 0.6 is 0 Å². The fraction of sp³-hybridized carbons (Fsp3) is 0.667. The Morgan fingerprint density at radius 1 is 1.14 bits per heavy atom. The third-order valence-corrected chi connectivity index (χ3v) is 6.68. The third kappa shape index (κ3) is 6.17. The van der Waals surface area contributed by atoms with Crippen LogP contribution in [0.4, 0.5) is 4.79 Å². The van der Waals surface area contributed by atoms with Gasteiger partial charge in [0.1, 0.15) is 0 Å². The van der Waals surface area contributed by atoms with Crippen molar-refractivity contribution in [2.45, 2.75) is 63.1 Å². The quantitative estimate of drug-likeness (QED) is 0.705. The zero-order chi connectivity index (χ0) is 20.9. The maximum Gasteiger partial charge on any atom is 0.317 e. The van der Waals surface area contributed by atoms with E-state index in [1.165, 1.54) is 5.56 Å². The minimum atomic E-state index is -3.35. The van der Waals surface area contributed by atoms with E-state index in [1.54, 1.807) is 4.90 Å². The van der Waals surface area contributed by atoms with Crippen molar-refractivity contribution in [2.24, 2.45) is 0 Å². The van der Waals surface area contributed by atoms with Gasteiger partial charge >= 0.3 is 6.03 Å². The second kappa shape index (κ2) is 9.91. The Bertz CT molecular complexity index is 763. The molecule has 1 aromatic carbocycles. The maximum atomic E-state index is 12.4. The molecule has 2 fully saturated rings. The number of ether oxygens (including phenoxy) is 1. The van der Waals surface area contributed by atoms with E-state index in [1.807, 2.05) is 13.0 Å². The van der Waals surface area contributed by atoms with Crippen molar-refractivity contribution in [3.63, 3.8) is 0 Å². The van der Waals surface area contributed by atoms with Gasteiger partial charge in [0, 0.05) is 19.1 Å². The first-order valence-corrected chi connectivity index (χ1v) is 12.4. The number of hydrogen-bond acceptors (Lipinski definition) is 4. The molecule has 1 aliphatic heterocycles. The van der Waals surface area contributed by atoms with E-state index in [0.717, 1.165) is 31.9 Å². The van der Waals surface area contributed by atoms with Gasteiger partial charge < -0.3 is 15.0 Å². The van der Waals surface area contributed by atoms with Crippen molar-refractivity contribution < 1.29 is 17.9 Å². The number of carbonyl (C=O) groups is 1. The summed E-state index contributed by atoms with van der Waals surface area (Å²) in [6.45, 7) is 3.28. The largest absolute Gasteiger partial charge is 0.376 e. The van der Waals surface area contributed by atoms with Gasteiger partial charge in [-0.15, -0.1) is 0 Å². The van der Waals surface area contributed by atoms with Gasteiger partial charge in [-0.2, -0.15) is 0 Å². The van der Waals surface area contributed by atoms with E-state index in [4.69, 9.17) is 4.74 Å². The molecule has 162 valence electrons. The first kappa shape index (κ1) is 22.1. The van der Waals surface area contributed by atoms with Crippen molar-refractivity contribution in [1.82, 2.24) is 14.9 Å². The molecule has 0 radical (unpaired) electrons. The first-order chi connectivity index (χ1) is 13.9. The summed E-state index contributed by atoms with van der Waals surface area (Å²) in [7, 11) is -3.35. The van der Waals surface area contributed by atoms with Gasteiger partial charge in [-0.3, -0.25) is 0 Å². The average molecular weight is 424 g/mol. The normalized spacial score (nSPS) is 27.7. The van der Waals surface area contributed by atoms with E-state index >= 15 is 0 Å². The second-order valence-corrected chi connectivity index (χ2v) is 9.88. The summed E-state index contributed by atoms with van der Waals surface area (Å²) in [6, 6.07) is 9.84. The number of rotatable bonds is 7. The molecule has 2 atom stereocenters. The van der Waals surface area contributed by atoms with Crippen molar-refractivity contribution in [3.8, 4) is 0 Å². The average Bonchev–Trinajstić information content (AvgIpc) is 3.08. The Morgan fingerprint density at radius 3 is 2.45 bits per heavy atom. The van der Waals surface area contributed by atoms with Crippen molar-refractivity contribution in [3.05, 3.63) is 35.9 Å². The molecule has 8 heteroatoms. The van der Waals surface area contributed by atoms with Gasteiger partial charge in [-0.1, -0.05) is 30.3 Å². The molecule has 3 rings (SSSR count). The molecule has 0 unspecified atom stereocenters. The van der Waals surface area contributed by atoms with Gasteiger partial charge in [0.05, 0.1) is 25.0 Å². The van der Waals surface area contributed by atoms with Crippen LogP contribution in [0.25, 0.3) is 0 Å². The van der Waals surface area contributed by atoms with Gasteiger partial charge in [0.15, 0.2) is 0 Å². The predicted molar refractivity (Wildman–Crippen MR) is 113 cm³/mol. The van der Waals surface area contributed by atoms with Crippen LogP contribution in [0.2, 0.25) is 0 Å². The molecule has 0 spiro atoms. The van der Waals surface area contributed by atoms with Crippen LogP contribution in [-0.4, -0.2) is 63.5 Å². The molecule has 29 heavy (non-hydrogen) atoms. The Labute approximate surface area is 174 Å².